The van der Waals surface area contributed by atoms with E-state index in [-0.39, 0.29) is 11.6 Å². The molecule has 28 heavy (non-hydrogen) atoms. The van der Waals surface area contributed by atoms with E-state index in [2.05, 4.69) is 15.6 Å². The number of aromatic nitrogens is 1. The van der Waals surface area contributed by atoms with E-state index in [1.165, 1.54) is 19.8 Å². The van der Waals surface area contributed by atoms with Gasteiger partial charge in [0.15, 0.2) is 0 Å². The van der Waals surface area contributed by atoms with Gasteiger partial charge in [0, 0.05) is 29.7 Å². The van der Waals surface area contributed by atoms with Crippen molar-refractivity contribution in [3.63, 3.8) is 0 Å². The van der Waals surface area contributed by atoms with E-state index >= 15 is 0 Å². The summed E-state index contributed by atoms with van der Waals surface area (Å²) in [6.07, 6.45) is 1.57. The average Bonchev–Trinajstić information content (AvgIpc) is 2.70. The average molecular weight is 398 g/mol. The van der Waals surface area contributed by atoms with Crippen molar-refractivity contribution in [1.82, 2.24) is 4.98 Å². The molecule has 0 fully saturated rings. The number of methoxy groups -OCH3 is 2. The second-order valence-electron chi connectivity index (χ2n) is 6.06. The van der Waals surface area contributed by atoms with Crippen molar-refractivity contribution < 1.29 is 14.3 Å². The number of carbonyl (C=O) groups excluding carboxylic acids is 1. The van der Waals surface area contributed by atoms with E-state index in [1.807, 2.05) is 31.2 Å². The number of amides is 1. The minimum absolute atomic E-state index is 0.257. The van der Waals surface area contributed by atoms with Gasteiger partial charge in [0.05, 0.1) is 24.9 Å². The third-order valence-electron chi connectivity index (χ3n) is 4.05. The Balaban J connectivity index is 1.81. The summed E-state index contributed by atoms with van der Waals surface area (Å²) in [5.41, 5.74) is 3.55. The third-order valence-corrected chi connectivity index (χ3v) is 4.35. The minimum Gasteiger partial charge on any atom is -0.495 e. The van der Waals surface area contributed by atoms with Crippen LogP contribution in [0.25, 0.3) is 0 Å². The van der Waals surface area contributed by atoms with E-state index in [4.69, 9.17) is 21.1 Å². The van der Waals surface area contributed by atoms with Gasteiger partial charge in [-0.15, -0.1) is 0 Å². The zero-order valence-electron chi connectivity index (χ0n) is 15.7. The topological polar surface area (TPSA) is 72.5 Å². The van der Waals surface area contributed by atoms with Crippen molar-refractivity contribution in [3.8, 4) is 11.5 Å². The fourth-order valence-corrected chi connectivity index (χ4v) is 2.81. The number of rotatable bonds is 6. The summed E-state index contributed by atoms with van der Waals surface area (Å²) in [7, 11) is 3.00. The number of hydrogen-bond acceptors (Lipinski definition) is 5. The highest BCUT2D eigenvalue weighted by atomic mass is 35.5. The number of nitrogens with one attached hydrogen (secondary N) is 2. The van der Waals surface area contributed by atoms with Gasteiger partial charge in [-0.05, 0) is 31.2 Å². The van der Waals surface area contributed by atoms with E-state index in [1.54, 1.807) is 30.5 Å². The zero-order valence-corrected chi connectivity index (χ0v) is 16.5. The van der Waals surface area contributed by atoms with Crippen LogP contribution in [0.15, 0.2) is 54.7 Å². The van der Waals surface area contributed by atoms with Crippen molar-refractivity contribution in [2.75, 3.05) is 24.9 Å². The van der Waals surface area contributed by atoms with Gasteiger partial charge in [-0.25, -0.2) is 0 Å². The third kappa shape index (κ3) is 4.53. The fourth-order valence-electron chi connectivity index (χ4n) is 2.58. The van der Waals surface area contributed by atoms with Crippen LogP contribution in [0.3, 0.4) is 0 Å². The number of nitrogens with zero attached hydrogens (tertiary/aromatic N) is 1. The lowest BCUT2D eigenvalue weighted by Gasteiger charge is -2.13. The van der Waals surface area contributed by atoms with E-state index in [9.17, 15) is 4.79 Å². The molecule has 1 aromatic heterocycles. The normalized spacial score (nSPS) is 10.3. The first kappa shape index (κ1) is 19.5. The summed E-state index contributed by atoms with van der Waals surface area (Å²) in [6.45, 7) is 2.03. The van der Waals surface area contributed by atoms with Crippen LogP contribution < -0.4 is 20.1 Å². The van der Waals surface area contributed by atoms with Crippen LogP contribution in [-0.2, 0) is 0 Å². The predicted molar refractivity (Wildman–Crippen MR) is 111 cm³/mol. The molecule has 0 aliphatic rings. The zero-order chi connectivity index (χ0) is 20.1. The molecule has 0 atom stereocenters. The summed E-state index contributed by atoms with van der Waals surface area (Å²) in [4.78, 5) is 16.8. The molecule has 0 saturated heterocycles. The first-order chi connectivity index (χ1) is 13.5. The summed E-state index contributed by atoms with van der Waals surface area (Å²) >= 11 is 6.10. The smallest absolute Gasteiger partial charge is 0.274 e. The fraction of sp³-hybridized carbons (Fsp3) is 0.143. The molecule has 0 spiro atoms. The number of halogens is 1. The number of aryl methyl sites for hydroxylation is 1. The van der Waals surface area contributed by atoms with Gasteiger partial charge in [0.2, 0.25) is 0 Å². The largest absolute Gasteiger partial charge is 0.495 e. The van der Waals surface area contributed by atoms with Crippen molar-refractivity contribution in [3.05, 3.63) is 71.0 Å². The second-order valence-corrected chi connectivity index (χ2v) is 6.47. The standard InChI is InChI=1S/C21H20ClN3O3/c1-13-4-6-14(7-5-13)24-15-8-9-23-18(10-15)21(26)25-17-12-19(27-2)16(22)11-20(17)28-3/h4-12H,1-3H3,(H,23,24)(H,25,26). The van der Waals surface area contributed by atoms with Crippen molar-refractivity contribution >= 4 is 34.6 Å². The number of carbonyl (C=O) groups is 1. The van der Waals surface area contributed by atoms with E-state index in [0.717, 1.165) is 11.4 Å². The molecule has 3 aromatic rings. The van der Waals surface area contributed by atoms with Gasteiger partial charge >= 0.3 is 0 Å². The molecule has 0 bridgehead atoms. The lowest BCUT2D eigenvalue weighted by atomic mass is 10.2. The first-order valence-corrected chi connectivity index (χ1v) is 8.90. The molecular weight excluding hydrogens is 378 g/mol. The van der Waals surface area contributed by atoms with Gasteiger partial charge in [-0.1, -0.05) is 29.3 Å². The second kappa shape index (κ2) is 8.63. The molecule has 2 aromatic carbocycles. The maximum atomic E-state index is 12.7. The van der Waals surface area contributed by atoms with Crippen molar-refractivity contribution in [2.24, 2.45) is 0 Å². The maximum absolute atomic E-state index is 12.7. The van der Waals surface area contributed by atoms with Crippen LogP contribution in [0.1, 0.15) is 16.1 Å². The molecule has 1 heterocycles. The SMILES string of the molecule is COc1cc(NC(=O)c2cc(Nc3ccc(C)cc3)ccn2)c(OC)cc1Cl. The highest BCUT2D eigenvalue weighted by Gasteiger charge is 2.15. The van der Waals surface area contributed by atoms with Crippen LogP contribution in [0.4, 0.5) is 17.1 Å². The van der Waals surface area contributed by atoms with Crippen molar-refractivity contribution in [2.45, 2.75) is 6.92 Å². The summed E-state index contributed by atoms with van der Waals surface area (Å²) in [6, 6.07) is 14.6. The Morgan fingerprint density at radius 2 is 1.68 bits per heavy atom. The van der Waals surface area contributed by atoms with Gasteiger partial charge in [-0.2, -0.15) is 0 Å². The van der Waals surface area contributed by atoms with Crippen LogP contribution in [-0.4, -0.2) is 25.1 Å². The lowest BCUT2D eigenvalue weighted by molar-refractivity contribution is 0.102. The Kier molecular flexibility index (Phi) is 6.01. The Bertz CT molecular complexity index is 991. The molecule has 6 nitrogen and oxygen atoms in total. The highest BCUT2D eigenvalue weighted by Crippen LogP contribution is 2.36. The molecule has 1 amide bonds. The molecule has 0 aliphatic heterocycles. The molecule has 0 saturated carbocycles. The number of hydrogen-bond donors (Lipinski definition) is 2. The molecule has 3 rings (SSSR count). The molecule has 0 unspecified atom stereocenters. The maximum Gasteiger partial charge on any atom is 0.274 e. The molecule has 0 radical (unpaired) electrons. The summed E-state index contributed by atoms with van der Waals surface area (Å²) < 4.78 is 10.5. The Morgan fingerprint density at radius 3 is 2.36 bits per heavy atom. The molecule has 2 N–H and O–H groups in total. The molecule has 144 valence electrons. The summed E-state index contributed by atoms with van der Waals surface area (Å²) in [5.74, 6) is 0.476. The van der Waals surface area contributed by atoms with Gasteiger partial charge in [-0.3, -0.25) is 9.78 Å². The van der Waals surface area contributed by atoms with Gasteiger partial charge in [0.25, 0.3) is 5.91 Å². The summed E-state index contributed by atoms with van der Waals surface area (Å²) in [5, 5.41) is 6.43. The monoisotopic (exact) mass is 397 g/mol. The Hall–Kier alpha value is -3.25. The van der Waals surface area contributed by atoms with E-state index in [0.29, 0.717) is 22.2 Å². The number of anilines is 3. The Labute approximate surface area is 168 Å². The molecule has 0 aliphatic carbocycles. The van der Waals surface area contributed by atoms with Gasteiger partial charge in [0.1, 0.15) is 17.2 Å². The lowest BCUT2D eigenvalue weighted by Crippen LogP contribution is -2.14. The first-order valence-electron chi connectivity index (χ1n) is 8.53. The highest BCUT2D eigenvalue weighted by molar-refractivity contribution is 6.32. The predicted octanol–water partition coefficient (Wildman–Crippen LogP) is 5.06. The molecular formula is C21H20ClN3O3. The van der Waals surface area contributed by atoms with Crippen molar-refractivity contribution in [1.29, 1.82) is 0 Å². The number of ether oxygens (including phenoxy) is 2. The Morgan fingerprint density at radius 1 is 0.964 bits per heavy atom. The quantitative estimate of drug-likeness (QED) is 0.608. The molecule has 7 heteroatoms. The number of pyridine rings is 1. The van der Waals surface area contributed by atoms with Crippen LogP contribution >= 0.6 is 11.6 Å². The number of benzene rings is 2. The van der Waals surface area contributed by atoms with E-state index < -0.39 is 0 Å². The van der Waals surface area contributed by atoms with Crippen LogP contribution in [0.5, 0.6) is 11.5 Å². The minimum atomic E-state index is -0.379. The van der Waals surface area contributed by atoms with Crippen LogP contribution in [0, 0.1) is 6.92 Å². The van der Waals surface area contributed by atoms with Crippen LogP contribution in [0.2, 0.25) is 5.02 Å². The van der Waals surface area contributed by atoms with Gasteiger partial charge < -0.3 is 20.1 Å².